The third-order valence-electron chi connectivity index (χ3n) is 2.41. The maximum absolute atomic E-state index is 6.09. The van der Waals surface area contributed by atoms with Crippen LogP contribution in [0.4, 0.5) is 5.82 Å². The molecule has 1 aromatic carbocycles. The van der Waals surface area contributed by atoms with Gasteiger partial charge >= 0.3 is 0 Å². The van der Waals surface area contributed by atoms with E-state index in [2.05, 4.69) is 5.10 Å². The van der Waals surface area contributed by atoms with Crippen molar-refractivity contribution in [2.75, 3.05) is 5.73 Å². The van der Waals surface area contributed by atoms with Crippen LogP contribution in [0.3, 0.4) is 0 Å². The number of benzene rings is 1. The third kappa shape index (κ3) is 1.88. The molecule has 0 amide bonds. The lowest BCUT2D eigenvalue weighted by Crippen LogP contribution is -2.03. The topological polar surface area (TPSA) is 43.8 Å². The minimum absolute atomic E-state index is 0.532. The van der Waals surface area contributed by atoms with Crippen molar-refractivity contribution in [3.8, 4) is 5.69 Å². The second kappa shape index (κ2) is 4.36. The van der Waals surface area contributed by atoms with Crippen molar-refractivity contribution in [3.05, 3.63) is 40.0 Å². The van der Waals surface area contributed by atoms with Crippen molar-refractivity contribution in [3.63, 3.8) is 0 Å². The number of nitrogens with zero attached hydrogens (tertiary/aromatic N) is 2. The van der Waals surface area contributed by atoms with Gasteiger partial charge in [-0.25, -0.2) is 4.68 Å². The van der Waals surface area contributed by atoms with Crippen molar-refractivity contribution < 1.29 is 0 Å². The van der Waals surface area contributed by atoms with E-state index < -0.39 is 0 Å². The van der Waals surface area contributed by atoms with Gasteiger partial charge in [-0.3, -0.25) is 0 Å². The fraction of sp³-hybridized carbons (Fsp3) is 0.182. The molecule has 0 aliphatic carbocycles. The monoisotopic (exact) mass is 255 g/mol. The van der Waals surface area contributed by atoms with Gasteiger partial charge in [-0.15, -0.1) is 0 Å². The molecule has 3 nitrogen and oxygen atoms in total. The van der Waals surface area contributed by atoms with E-state index >= 15 is 0 Å². The molecule has 0 bridgehead atoms. The fourth-order valence-corrected chi connectivity index (χ4v) is 2.00. The zero-order chi connectivity index (χ0) is 11.7. The average Bonchev–Trinajstić information content (AvgIpc) is 2.60. The first-order valence-corrected chi connectivity index (χ1v) is 5.67. The highest BCUT2D eigenvalue weighted by Gasteiger charge is 2.10. The summed E-state index contributed by atoms with van der Waals surface area (Å²) in [4.78, 5) is 0. The van der Waals surface area contributed by atoms with E-state index in [-0.39, 0.29) is 0 Å². The summed E-state index contributed by atoms with van der Waals surface area (Å²) in [6, 6.07) is 5.23. The Balaban J connectivity index is 2.54. The number of aryl methyl sites for hydroxylation is 1. The van der Waals surface area contributed by atoms with E-state index in [1.165, 1.54) is 0 Å². The molecule has 1 aromatic heterocycles. The average molecular weight is 256 g/mol. The van der Waals surface area contributed by atoms with Gasteiger partial charge in [0.1, 0.15) is 5.82 Å². The van der Waals surface area contributed by atoms with Gasteiger partial charge < -0.3 is 5.73 Å². The minimum Gasteiger partial charge on any atom is -0.383 e. The molecular weight excluding hydrogens is 245 g/mol. The van der Waals surface area contributed by atoms with Crippen LogP contribution in [0.15, 0.2) is 24.4 Å². The van der Waals surface area contributed by atoms with Gasteiger partial charge in [-0.05, 0) is 24.6 Å². The molecule has 0 spiro atoms. The Morgan fingerprint density at radius 2 is 2.12 bits per heavy atom. The van der Waals surface area contributed by atoms with Crippen LogP contribution in [-0.2, 0) is 6.42 Å². The van der Waals surface area contributed by atoms with Gasteiger partial charge in [0.05, 0.1) is 16.9 Å². The summed E-state index contributed by atoms with van der Waals surface area (Å²) in [5.41, 5.74) is 7.71. The van der Waals surface area contributed by atoms with Crippen molar-refractivity contribution in [2.45, 2.75) is 13.3 Å². The summed E-state index contributed by atoms with van der Waals surface area (Å²) in [5, 5.41) is 5.34. The molecule has 0 aliphatic rings. The highest BCUT2D eigenvalue weighted by Crippen LogP contribution is 2.26. The first-order valence-electron chi connectivity index (χ1n) is 4.91. The van der Waals surface area contributed by atoms with E-state index in [4.69, 9.17) is 28.9 Å². The van der Waals surface area contributed by atoms with Crippen LogP contribution in [0.25, 0.3) is 5.69 Å². The molecule has 0 aliphatic heterocycles. The lowest BCUT2D eigenvalue weighted by atomic mass is 10.2. The highest BCUT2D eigenvalue weighted by molar-refractivity contribution is 6.35. The van der Waals surface area contributed by atoms with Crippen LogP contribution in [0.5, 0.6) is 0 Å². The molecular formula is C11H11Cl2N3. The standard InChI is InChI=1S/C11H11Cl2N3/c1-2-7-6-15-16(11(7)14)10-4-3-8(12)5-9(10)13/h3-6H,2,14H2,1H3. The van der Waals surface area contributed by atoms with Crippen LogP contribution in [0.1, 0.15) is 12.5 Å². The second-order valence-electron chi connectivity index (χ2n) is 3.42. The maximum atomic E-state index is 6.09. The smallest absolute Gasteiger partial charge is 0.130 e. The summed E-state index contributed by atoms with van der Waals surface area (Å²) in [7, 11) is 0. The van der Waals surface area contributed by atoms with Crippen molar-refractivity contribution >= 4 is 29.0 Å². The lowest BCUT2D eigenvalue weighted by molar-refractivity contribution is 0.891. The molecule has 0 atom stereocenters. The summed E-state index contributed by atoms with van der Waals surface area (Å²) in [6.45, 7) is 2.03. The number of hydrogen-bond acceptors (Lipinski definition) is 2. The molecule has 0 saturated carbocycles. The Hall–Kier alpha value is -1.19. The number of nitrogens with two attached hydrogens (primary N) is 1. The summed E-state index contributed by atoms with van der Waals surface area (Å²) < 4.78 is 1.62. The molecule has 84 valence electrons. The Morgan fingerprint density at radius 3 is 2.69 bits per heavy atom. The molecule has 5 heteroatoms. The normalized spacial score (nSPS) is 10.7. The maximum Gasteiger partial charge on any atom is 0.130 e. The van der Waals surface area contributed by atoms with Gasteiger partial charge in [0.2, 0.25) is 0 Å². The van der Waals surface area contributed by atoms with Crippen molar-refractivity contribution in [1.29, 1.82) is 0 Å². The van der Waals surface area contributed by atoms with Crippen LogP contribution >= 0.6 is 23.2 Å². The Bertz CT molecular complexity index is 520. The Kier molecular flexibility index (Phi) is 3.08. The summed E-state index contributed by atoms with van der Waals surface area (Å²) in [6.07, 6.45) is 2.59. The number of nitrogen functional groups attached to an aromatic ring is 1. The van der Waals surface area contributed by atoms with Crippen LogP contribution < -0.4 is 5.73 Å². The Labute approximate surface area is 104 Å². The van der Waals surface area contributed by atoms with Gasteiger partial charge in [-0.1, -0.05) is 30.1 Å². The molecule has 2 rings (SSSR count). The van der Waals surface area contributed by atoms with Crippen LogP contribution in [-0.4, -0.2) is 9.78 Å². The molecule has 1 heterocycles. The zero-order valence-corrected chi connectivity index (χ0v) is 10.3. The molecule has 0 radical (unpaired) electrons. The second-order valence-corrected chi connectivity index (χ2v) is 4.26. The minimum atomic E-state index is 0.532. The number of aromatic nitrogens is 2. The van der Waals surface area contributed by atoms with Crippen LogP contribution in [0.2, 0.25) is 10.0 Å². The summed E-state index contributed by atoms with van der Waals surface area (Å²) >= 11 is 11.9. The van der Waals surface area contributed by atoms with E-state index in [1.807, 2.05) is 6.92 Å². The van der Waals surface area contributed by atoms with E-state index in [0.717, 1.165) is 17.7 Å². The van der Waals surface area contributed by atoms with Crippen molar-refractivity contribution in [2.24, 2.45) is 0 Å². The number of rotatable bonds is 2. The fourth-order valence-electron chi connectivity index (χ4n) is 1.51. The molecule has 0 unspecified atom stereocenters. The first-order chi connectivity index (χ1) is 7.63. The molecule has 2 N–H and O–H groups in total. The quantitative estimate of drug-likeness (QED) is 0.895. The number of hydrogen-bond donors (Lipinski definition) is 1. The predicted octanol–water partition coefficient (Wildman–Crippen LogP) is 3.32. The third-order valence-corrected chi connectivity index (χ3v) is 2.94. The van der Waals surface area contributed by atoms with Gasteiger partial charge in [0, 0.05) is 10.6 Å². The number of halogens is 2. The molecule has 2 aromatic rings. The summed E-state index contributed by atoms with van der Waals surface area (Å²) in [5.74, 6) is 0.617. The van der Waals surface area contributed by atoms with E-state index in [9.17, 15) is 0 Å². The highest BCUT2D eigenvalue weighted by atomic mass is 35.5. The van der Waals surface area contributed by atoms with E-state index in [0.29, 0.717) is 15.9 Å². The molecule has 0 saturated heterocycles. The number of anilines is 1. The SMILES string of the molecule is CCc1cnn(-c2ccc(Cl)cc2Cl)c1N. The van der Waals surface area contributed by atoms with Gasteiger partial charge in [0.25, 0.3) is 0 Å². The predicted molar refractivity (Wildman–Crippen MR) is 67.4 cm³/mol. The molecule has 16 heavy (non-hydrogen) atoms. The van der Waals surface area contributed by atoms with Gasteiger partial charge in [-0.2, -0.15) is 5.10 Å². The molecule has 0 fully saturated rings. The first kappa shape index (κ1) is 11.3. The Morgan fingerprint density at radius 1 is 1.38 bits per heavy atom. The van der Waals surface area contributed by atoms with E-state index in [1.54, 1.807) is 29.1 Å². The van der Waals surface area contributed by atoms with Crippen LogP contribution in [0, 0.1) is 0 Å². The van der Waals surface area contributed by atoms with Gasteiger partial charge in [0.15, 0.2) is 0 Å². The van der Waals surface area contributed by atoms with Crippen molar-refractivity contribution in [1.82, 2.24) is 9.78 Å². The zero-order valence-electron chi connectivity index (χ0n) is 8.74. The lowest BCUT2D eigenvalue weighted by Gasteiger charge is -2.07. The largest absolute Gasteiger partial charge is 0.383 e.